The number of hydrogen-bond acceptors (Lipinski definition) is 2. The lowest BCUT2D eigenvalue weighted by molar-refractivity contribution is -0.136. The van der Waals surface area contributed by atoms with Gasteiger partial charge in [-0.1, -0.05) is 24.3 Å². The van der Waals surface area contributed by atoms with E-state index < -0.39 is 17.6 Å². The summed E-state index contributed by atoms with van der Waals surface area (Å²) in [6.45, 7) is 0.241. The van der Waals surface area contributed by atoms with Gasteiger partial charge in [0.1, 0.15) is 11.6 Å². The summed E-state index contributed by atoms with van der Waals surface area (Å²) >= 11 is 3.09. The zero-order valence-electron chi connectivity index (χ0n) is 10.9. The number of aliphatic carboxylic acids is 1. The first-order valence-corrected chi connectivity index (χ1v) is 6.93. The predicted octanol–water partition coefficient (Wildman–Crippen LogP) is 3.97. The van der Waals surface area contributed by atoms with Crippen molar-refractivity contribution in [2.45, 2.75) is 13.0 Å². The monoisotopic (exact) mass is 355 g/mol. The van der Waals surface area contributed by atoms with Crippen molar-refractivity contribution in [3.05, 3.63) is 63.6 Å². The van der Waals surface area contributed by atoms with Crippen LogP contribution in [0.15, 0.2) is 40.9 Å². The molecule has 0 heterocycles. The van der Waals surface area contributed by atoms with Crippen molar-refractivity contribution in [3.63, 3.8) is 0 Å². The summed E-state index contributed by atoms with van der Waals surface area (Å²) in [5.41, 5.74) is 1.54. The minimum absolute atomic E-state index is 0.106. The number of anilines is 1. The Hall–Kier alpha value is -1.95. The van der Waals surface area contributed by atoms with E-state index in [2.05, 4.69) is 21.2 Å². The van der Waals surface area contributed by atoms with Crippen LogP contribution < -0.4 is 5.32 Å². The van der Waals surface area contributed by atoms with Gasteiger partial charge in [-0.3, -0.25) is 4.79 Å². The second-order valence-electron chi connectivity index (χ2n) is 4.44. The van der Waals surface area contributed by atoms with E-state index in [0.29, 0.717) is 5.56 Å². The quantitative estimate of drug-likeness (QED) is 0.853. The molecule has 2 aromatic rings. The molecule has 0 aliphatic carbocycles. The van der Waals surface area contributed by atoms with Gasteiger partial charge in [0.05, 0.1) is 12.1 Å². The normalized spacial score (nSPS) is 10.4. The summed E-state index contributed by atoms with van der Waals surface area (Å²) in [6.07, 6.45) is -0.106. The molecule has 0 saturated carbocycles. The van der Waals surface area contributed by atoms with Gasteiger partial charge in [-0.2, -0.15) is 0 Å². The Morgan fingerprint density at radius 2 is 1.86 bits per heavy atom. The van der Waals surface area contributed by atoms with Gasteiger partial charge in [0, 0.05) is 17.1 Å². The first kappa shape index (κ1) is 15.4. The van der Waals surface area contributed by atoms with E-state index in [0.717, 1.165) is 17.7 Å². The Kier molecular flexibility index (Phi) is 4.90. The van der Waals surface area contributed by atoms with Crippen LogP contribution in [0.25, 0.3) is 0 Å². The first-order chi connectivity index (χ1) is 9.97. The molecule has 3 nitrogen and oxygen atoms in total. The molecule has 2 N–H and O–H groups in total. The third kappa shape index (κ3) is 4.01. The molecule has 0 spiro atoms. The molecule has 110 valence electrons. The van der Waals surface area contributed by atoms with Crippen LogP contribution in [-0.2, 0) is 17.8 Å². The maximum Gasteiger partial charge on any atom is 0.307 e. The maximum absolute atomic E-state index is 13.7. The van der Waals surface area contributed by atoms with Crippen LogP contribution in [0, 0.1) is 11.6 Å². The Morgan fingerprint density at radius 1 is 1.19 bits per heavy atom. The average Bonchev–Trinajstić information content (AvgIpc) is 2.38. The third-order valence-corrected chi connectivity index (χ3v) is 3.55. The van der Waals surface area contributed by atoms with Crippen LogP contribution in [0.4, 0.5) is 14.5 Å². The topological polar surface area (TPSA) is 49.3 Å². The minimum Gasteiger partial charge on any atom is -0.481 e. The summed E-state index contributed by atoms with van der Waals surface area (Å²) in [6, 6.07) is 8.95. The van der Waals surface area contributed by atoms with Crippen molar-refractivity contribution < 1.29 is 18.7 Å². The van der Waals surface area contributed by atoms with Gasteiger partial charge in [0.15, 0.2) is 0 Å². The van der Waals surface area contributed by atoms with E-state index in [4.69, 9.17) is 5.11 Å². The molecule has 0 unspecified atom stereocenters. The van der Waals surface area contributed by atoms with E-state index in [1.54, 1.807) is 24.3 Å². The van der Waals surface area contributed by atoms with Gasteiger partial charge in [-0.25, -0.2) is 8.78 Å². The van der Waals surface area contributed by atoms with Crippen LogP contribution in [-0.4, -0.2) is 11.1 Å². The molecule has 0 saturated heterocycles. The number of halogens is 3. The van der Waals surface area contributed by atoms with Gasteiger partial charge < -0.3 is 10.4 Å². The van der Waals surface area contributed by atoms with Crippen LogP contribution in [0.2, 0.25) is 0 Å². The molecular formula is C15H12BrF2NO2. The molecule has 0 fully saturated rings. The molecule has 0 radical (unpaired) electrons. The highest BCUT2D eigenvalue weighted by atomic mass is 79.9. The second-order valence-corrected chi connectivity index (χ2v) is 5.29. The van der Waals surface area contributed by atoms with Crippen molar-refractivity contribution in [2.24, 2.45) is 0 Å². The lowest BCUT2D eigenvalue weighted by Crippen LogP contribution is -2.08. The van der Waals surface area contributed by atoms with Gasteiger partial charge in [-0.05, 0) is 33.1 Å². The van der Waals surface area contributed by atoms with E-state index in [1.165, 1.54) is 0 Å². The Bertz CT molecular complexity index is 653. The number of carbonyl (C=O) groups is 1. The Morgan fingerprint density at radius 3 is 2.48 bits per heavy atom. The summed E-state index contributed by atoms with van der Waals surface area (Å²) < 4.78 is 27.0. The van der Waals surface area contributed by atoms with Crippen molar-refractivity contribution >= 4 is 27.6 Å². The minimum atomic E-state index is -0.934. The SMILES string of the molecule is O=C(O)Cc1ccccc1CNc1c(F)cc(F)cc1Br. The summed E-state index contributed by atoms with van der Waals surface area (Å²) in [7, 11) is 0. The van der Waals surface area contributed by atoms with Crippen LogP contribution in [0.3, 0.4) is 0 Å². The fraction of sp³-hybridized carbons (Fsp3) is 0.133. The Labute approximate surface area is 128 Å². The van der Waals surface area contributed by atoms with Crippen molar-refractivity contribution in [2.75, 3.05) is 5.32 Å². The summed E-state index contributed by atoms with van der Waals surface area (Å²) in [4.78, 5) is 10.8. The zero-order valence-corrected chi connectivity index (χ0v) is 12.5. The van der Waals surface area contributed by atoms with Crippen molar-refractivity contribution in [1.29, 1.82) is 0 Å². The molecular weight excluding hydrogens is 344 g/mol. The zero-order chi connectivity index (χ0) is 15.4. The molecule has 2 rings (SSSR count). The third-order valence-electron chi connectivity index (χ3n) is 2.92. The lowest BCUT2D eigenvalue weighted by Gasteiger charge is -2.12. The highest BCUT2D eigenvalue weighted by Gasteiger charge is 2.11. The molecule has 0 aliphatic rings. The van der Waals surface area contributed by atoms with E-state index in [1.807, 2.05) is 0 Å². The number of benzene rings is 2. The Balaban J connectivity index is 2.19. The summed E-state index contributed by atoms with van der Waals surface area (Å²) in [5, 5.41) is 11.7. The number of carboxylic acids is 1. The average molecular weight is 356 g/mol. The second kappa shape index (κ2) is 6.67. The lowest BCUT2D eigenvalue weighted by atomic mass is 10.0. The maximum atomic E-state index is 13.7. The van der Waals surface area contributed by atoms with Crippen LogP contribution in [0.1, 0.15) is 11.1 Å². The molecule has 2 aromatic carbocycles. The summed E-state index contributed by atoms with van der Waals surface area (Å²) in [5.74, 6) is -2.31. The first-order valence-electron chi connectivity index (χ1n) is 6.14. The fourth-order valence-electron chi connectivity index (χ4n) is 1.96. The van der Waals surface area contributed by atoms with Gasteiger partial charge >= 0.3 is 5.97 Å². The highest BCUT2D eigenvalue weighted by molar-refractivity contribution is 9.10. The standard InChI is InChI=1S/C15H12BrF2NO2/c16-12-6-11(17)7-13(18)15(12)19-8-10-4-2-1-3-9(10)5-14(20)21/h1-4,6-7,19H,5,8H2,(H,20,21). The molecule has 0 aromatic heterocycles. The van der Waals surface area contributed by atoms with Gasteiger partial charge in [0.2, 0.25) is 0 Å². The van der Waals surface area contributed by atoms with Crippen molar-refractivity contribution in [1.82, 2.24) is 0 Å². The fourth-order valence-corrected chi connectivity index (χ4v) is 2.51. The molecule has 0 amide bonds. The van der Waals surface area contributed by atoms with Crippen LogP contribution >= 0.6 is 15.9 Å². The molecule has 0 bridgehead atoms. The van der Waals surface area contributed by atoms with Gasteiger partial charge in [-0.15, -0.1) is 0 Å². The van der Waals surface area contributed by atoms with Gasteiger partial charge in [0.25, 0.3) is 0 Å². The number of hydrogen-bond donors (Lipinski definition) is 2. The van der Waals surface area contributed by atoms with E-state index >= 15 is 0 Å². The van der Waals surface area contributed by atoms with E-state index in [9.17, 15) is 13.6 Å². The number of carboxylic acid groups (broad SMARTS) is 1. The predicted molar refractivity (Wildman–Crippen MR) is 79.2 cm³/mol. The van der Waals surface area contributed by atoms with Crippen LogP contribution in [0.5, 0.6) is 0 Å². The molecule has 0 aliphatic heterocycles. The highest BCUT2D eigenvalue weighted by Crippen LogP contribution is 2.27. The number of rotatable bonds is 5. The van der Waals surface area contributed by atoms with E-state index in [-0.39, 0.29) is 23.1 Å². The molecule has 21 heavy (non-hydrogen) atoms. The number of nitrogens with one attached hydrogen (secondary N) is 1. The molecule has 0 atom stereocenters. The molecule has 6 heteroatoms. The van der Waals surface area contributed by atoms with Crippen molar-refractivity contribution in [3.8, 4) is 0 Å². The largest absolute Gasteiger partial charge is 0.481 e. The smallest absolute Gasteiger partial charge is 0.307 e.